The fraction of sp³-hybridized carbons (Fsp3) is 0.429. The van der Waals surface area contributed by atoms with Gasteiger partial charge in [0.1, 0.15) is 5.56 Å². The van der Waals surface area contributed by atoms with Gasteiger partial charge in [-0.05, 0) is 43.9 Å². The monoisotopic (exact) mass is 383 g/mol. The van der Waals surface area contributed by atoms with E-state index in [1.807, 2.05) is 12.1 Å². The number of aliphatic hydroxyl groups excluding tert-OH is 1. The molecule has 7 nitrogen and oxygen atoms in total. The maximum Gasteiger partial charge on any atom is 0.208 e. The van der Waals surface area contributed by atoms with Crippen molar-refractivity contribution in [3.8, 4) is 5.75 Å². The molecule has 2 unspecified atom stereocenters. The number of hydrogen-bond donors (Lipinski definition) is 2. The zero-order chi connectivity index (χ0) is 19.7. The number of ether oxygens (including phenoxy) is 1. The zero-order valence-electron chi connectivity index (χ0n) is 16.1. The minimum atomic E-state index is -1.25. The van der Waals surface area contributed by atoms with E-state index in [-0.39, 0.29) is 17.1 Å². The molecule has 7 heteroatoms. The molecule has 2 aromatic rings. The van der Waals surface area contributed by atoms with E-state index in [2.05, 4.69) is 21.8 Å². The highest BCUT2D eigenvalue weighted by Gasteiger charge is 2.31. The summed E-state index contributed by atoms with van der Waals surface area (Å²) in [4.78, 5) is 10.6. The number of piperidine rings is 1. The highest BCUT2D eigenvalue weighted by atomic mass is 16.6. The van der Waals surface area contributed by atoms with Crippen molar-refractivity contribution >= 4 is 29.6 Å². The lowest BCUT2D eigenvalue weighted by molar-refractivity contribution is -0.0987. The first-order chi connectivity index (χ1) is 13.6. The third kappa shape index (κ3) is 3.43. The third-order valence-electron chi connectivity index (χ3n) is 5.15. The van der Waals surface area contributed by atoms with E-state index in [9.17, 15) is 10.2 Å². The van der Waals surface area contributed by atoms with Gasteiger partial charge in [0.25, 0.3) is 0 Å². The summed E-state index contributed by atoms with van der Waals surface area (Å²) in [7, 11) is 0. The van der Waals surface area contributed by atoms with Crippen molar-refractivity contribution in [3.63, 3.8) is 0 Å². The minimum Gasteiger partial charge on any atom is -0.504 e. The Labute approximate surface area is 164 Å². The van der Waals surface area contributed by atoms with E-state index < -0.39 is 6.29 Å². The lowest BCUT2D eigenvalue weighted by atomic mass is 10.00. The Kier molecular flexibility index (Phi) is 5.19. The topological polar surface area (TPSA) is 91.3 Å². The smallest absolute Gasteiger partial charge is 0.208 e. The summed E-state index contributed by atoms with van der Waals surface area (Å²) >= 11 is 0. The standard InChI is InChI=1S/C21H25N3O4/c1-3-27-21(26)17-18(25)16(28-20(17)24-9-5-6-13(2)12-24)10-14-11-23-19-15(14)7-4-8-22-19/h4,7-8,10-11,13,21,25-26H,3,5-6,9,12H2,1-2H3. The quantitative estimate of drug-likeness (QED) is 0.761. The number of pyridine rings is 1. The molecule has 4 heterocycles. The Balaban J connectivity index is 1.76. The van der Waals surface area contributed by atoms with Crippen molar-refractivity contribution in [2.75, 3.05) is 24.6 Å². The molecule has 148 valence electrons. The van der Waals surface area contributed by atoms with Gasteiger partial charge >= 0.3 is 0 Å². The molecule has 0 aliphatic carbocycles. The SMILES string of the molecule is CCOC(O)c1c(N2CCCC(C)C2)oc(C=C2C=Nc3ncccc32)c1O. The predicted octanol–water partition coefficient (Wildman–Crippen LogP) is 3.90. The van der Waals surface area contributed by atoms with Gasteiger partial charge in [0.2, 0.25) is 5.88 Å². The number of nitrogens with zero attached hydrogens (tertiary/aromatic N) is 3. The molecule has 0 amide bonds. The molecule has 1 saturated heterocycles. The lowest BCUT2D eigenvalue weighted by Gasteiger charge is -2.31. The Bertz CT molecular complexity index is 918. The van der Waals surface area contributed by atoms with Crippen LogP contribution in [-0.2, 0) is 4.74 Å². The van der Waals surface area contributed by atoms with Crippen LogP contribution < -0.4 is 4.90 Å². The summed E-state index contributed by atoms with van der Waals surface area (Å²) in [5, 5.41) is 21.3. The predicted molar refractivity (Wildman–Crippen MR) is 108 cm³/mol. The number of aromatic hydroxyl groups is 1. The molecule has 2 aliphatic heterocycles. The maximum atomic E-state index is 10.8. The van der Waals surface area contributed by atoms with E-state index in [1.54, 1.807) is 25.4 Å². The third-order valence-corrected chi connectivity index (χ3v) is 5.15. The van der Waals surface area contributed by atoms with Gasteiger partial charge in [-0.1, -0.05) is 6.92 Å². The van der Waals surface area contributed by atoms with Gasteiger partial charge in [0.15, 0.2) is 23.6 Å². The van der Waals surface area contributed by atoms with Gasteiger partial charge in [0.05, 0.1) is 0 Å². The molecule has 1 fully saturated rings. The molecule has 0 radical (unpaired) electrons. The van der Waals surface area contributed by atoms with Gasteiger partial charge < -0.3 is 24.3 Å². The summed E-state index contributed by atoms with van der Waals surface area (Å²) in [6, 6.07) is 3.76. The molecule has 4 rings (SSSR count). The molecule has 0 aromatic carbocycles. The maximum absolute atomic E-state index is 10.8. The molecule has 0 saturated carbocycles. The van der Waals surface area contributed by atoms with Crippen LogP contribution in [0.25, 0.3) is 11.6 Å². The van der Waals surface area contributed by atoms with Crippen LogP contribution >= 0.6 is 0 Å². The van der Waals surface area contributed by atoms with Crippen LogP contribution in [0.3, 0.4) is 0 Å². The summed E-state index contributed by atoms with van der Waals surface area (Å²) in [5.41, 5.74) is 1.95. The number of allylic oxidation sites excluding steroid dienone is 1. The fourth-order valence-electron chi connectivity index (χ4n) is 3.79. The Morgan fingerprint density at radius 2 is 2.32 bits per heavy atom. The highest BCUT2D eigenvalue weighted by Crippen LogP contribution is 2.43. The molecular formula is C21H25N3O4. The van der Waals surface area contributed by atoms with Crippen molar-refractivity contribution < 1.29 is 19.4 Å². The number of hydrogen-bond acceptors (Lipinski definition) is 7. The van der Waals surface area contributed by atoms with Gasteiger partial charge in [-0.15, -0.1) is 0 Å². The zero-order valence-corrected chi connectivity index (χ0v) is 16.1. The van der Waals surface area contributed by atoms with Crippen LogP contribution in [0.5, 0.6) is 5.75 Å². The molecule has 0 spiro atoms. The van der Waals surface area contributed by atoms with E-state index in [4.69, 9.17) is 9.15 Å². The summed E-state index contributed by atoms with van der Waals surface area (Å²) in [5.74, 6) is 1.80. The highest BCUT2D eigenvalue weighted by molar-refractivity contribution is 6.20. The first kappa shape index (κ1) is 18.7. The number of aliphatic imine (C=N–C) groups is 1. The Morgan fingerprint density at radius 3 is 3.11 bits per heavy atom. The van der Waals surface area contributed by atoms with Gasteiger partial charge in [-0.2, -0.15) is 0 Å². The van der Waals surface area contributed by atoms with E-state index >= 15 is 0 Å². The van der Waals surface area contributed by atoms with E-state index in [0.717, 1.165) is 37.1 Å². The molecule has 28 heavy (non-hydrogen) atoms. The first-order valence-corrected chi connectivity index (χ1v) is 9.70. The molecular weight excluding hydrogens is 358 g/mol. The Morgan fingerprint density at radius 1 is 1.46 bits per heavy atom. The normalized spacial score (nSPS) is 21.3. The van der Waals surface area contributed by atoms with Crippen molar-refractivity contribution in [3.05, 3.63) is 35.2 Å². The van der Waals surface area contributed by atoms with Crippen LogP contribution in [0.4, 0.5) is 11.7 Å². The summed E-state index contributed by atoms with van der Waals surface area (Å²) in [6.45, 7) is 5.93. The number of fused-ring (bicyclic) bond motifs is 1. The molecule has 2 aromatic heterocycles. The van der Waals surface area contributed by atoms with Crippen molar-refractivity contribution in [2.24, 2.45) is 10.9 Å². The van der Waals surface area contributed by atoms with Crippen LogP contribution in [0, 0.1) is 5.92 Å². The average molecular weight is 383 g/mol. The number of aromatic nitrogens is 1. The molecule has 2 atom stereocenters. The van der Waals surface area contributed by atoms with Crippen molar-refractivity contribution in [1.29, 1.82) is 0 Å². The van der Waals surface area contributed by atoms with Gasteiger partial charge in [-0.25, -0.2) is 9.98 Å². The van der Waals surface area contributed by atoms with E-state index in [1.165, 1.54) is 0 Å². The van der Waals surface area contributed by atoms with Gasteiger partial charge in [0, 0.05) is 43.2 Å². The number of anilines is 1. The van der Waals surface area contributed by atoms with Crippen LogP contribution in [0.1, 0.15) is 49.9 Å². The molecule has 0 bridgehead atoms. The second-order valence-corrected chi connectivity index (χ2v) is 7.27. The largest absolute Gasteiger partial charge is 0.504 e. The first-order valence-electron chi connectivity index (χ1n) is 9.70. The Hall–Kier alpha value is -2.64. The number of aliphatic hydroxyl groups is 1. The molecule has 2 N–H and O–H groups in total. The van der Waals surface area contributed by atoms with Crippen molar-refractivity contribution in [2.45, 2.75) is 33.0 Å². The number of rotatable bonds is 5. The second kappa shape index (κ2) is 7.77. The van der Waals surface area contributed by atoms with Crippen LogP contribution in [0.2, 0.25) is 0 Å². The summed E-state index contributed by atoms with van der Waals surface area (Å²) in [6.07, 6.45) is 6.06. The average Bonchev–Trinajstić information content (AvgIpc) is 3.24. The minimum absolute atomic E-state index is 0.104. The van der Waals surface area contributed by atoms with Crippen LogP contribution in [0.15, 0.2) is 27.7 Å². The second-order valence-electron chi connectivity index (χ2n) is 7.27. The van der Waals surface area contributed by atoms with Crippen LogP contribution in [-0.4, -0.2) is 41.1 Å². The van der Waals surface area contributed by atoms with Crippen molar-refractivity contribution in [1.82, 2.24) is 4.98 Å². The molecule has 2 aliphatic rings. The van der Waals surface area contributed by atoms with E-state index in [0.29, 0.717) is 24.2 Å². The summed E-state index contributed by atoms with van der Waals surface area (Å²) < 4.78 is 11.4. The van der Waals surface area contributed by atoms with Gasteiger partial charge in [-0.3, -0.25) is 0 Å². The fourth-order valence-corrected chi connectivity index (χ4v) is 3.79. The lowest BCUT2D eigenvalue weighted by Crippen LogP contribution is -2.34. The number of furan rings is 1.